The van der Waals surface area contributed by atoms with Crippen molar-refractivity contribution in [2.75, 3.05) is 0 Å². The molecule has 3 aromatic rings. The van der Waals surface area contributed by atoms with Gasteiger partial charge in [0.15, 0.2) is 0 Å². The van der Waals surface area contributed by atoms with E-state index in [1.165, 1.54) is 112 Å². The number of rotatable bonds is 10. The summed E-state index contributed by atoms with van der Waals surface area (Å²) in [6, 6.07) is 16.6. The highest BCUT2D eigenvalue weighted by Crippen LogP contribution is 2.46. The molecule has 39 heavy (non-hydrogen) atoms. The van der Waals surface area contributed by atoms with Crippen molar-refractivity contribution >= 4 is 21.5 Å². The van der Waals surface area contributed by atoms with Crippen molar-refractivity contribution < 1.29 is 0 Å². The number of hydrogen-bond acceptors (Lipinski definition) is 0. The van der Waals surface area contributed by atoms with Gasteiger partial charge in [0.25, 0.3) is 0 Å². The number of hydrogen-bond donors (Lipinski definition) is 0. The molecule has 0 bridgehead atoms. The molecule has 1 saturated carbocycles. The fourth-order valence-electron chi connectivity index (χ4n) is 7.85. The minimum Gasteiger partial charge on any atom is -0.103 e. The number of unbranched alkanes of at least 4 members (excludes halogenated alkanes) is 3. The average molecular weight is 521 g/mol. The van der Waals surface area contributed by atoms with Gasteiger partial charge in [0.2, 0.25) is 0 Å². The molecular formula is C39H52. The largest absolute Gasteiger partial charge is 0.103 e. The van der Waals surface area contributed by atoms with Crippen LogP contribution in [0.25, 0.3) is 21.5 Å². The van der Waals surface area contributed by atoms with Crippen LogP contribution in [0.5, 0.6) is 0 Å². The van der Waals surface area contributed by atoms with Crippen molar-refractivity contribution in [2.45, 2.75) is 135 Å². The summed E-state index contributed by atoms with van der Waals surface area (Å²) in [5, 5.41) is 5.96. The Labute approximate surface area is 239 Å². The van der Waals surface area contributed by atoms with Gasteiger partial charge in [0.1, 0.15) is 0 Å². The van der Waals surface area contributed by atoms with Crippen LogP contribution in [0.2, 0.25) is 0 Å². The molecule has 5 rings (SSSR count). The molecule has 0 heteroatoms. The van der Waals surface area contributed by atoms with Crippen molar-refractivity contribution in [3.05, 3.63) is 59.2 Å². The van der Waals surface area contributed by atoms with E-state index in [0.717, 1.165) is 18.3 Å². The first-order valence-corrected chi connectivity index (χ1v) is 16.7. The van der Waals surface area contributed by atoms with E-state index in [4.69, 9.17) is 0 Å². The summed E-state index contributed by atoms with van der Waals surface area (Å²) in [6.07, 6.45) is 21.2. The third-order valence-electron chi connectivity index (χ3n) is 10.3. The molecule has 0 aromatic heterocycles. The third-order valence-corrected chi connectivity index (χ3v) is 10.3. The molecule has 1 fully saturated rings. The van der Waals surface area contributed by atoms with Gasteiger partial charge in [-0.05, 0) is 114 Å². The molecule has 3 aromatic carbocycles. The zero-order valence-electron chi connectivity index (χ0n) is 25.2. The first-order valence-electron chi connectivity index (χ1n) is 16.7. The molecule has 1 atom stereocenters. The van der Waals surface area contributed by atoms with Crippen LogP contribution in [-0.4, -0.2) is 0 Å². The Morgan fingerprint density at radius 1 is 0.821 bits per heavy atom. The standard InChI is InChI=1S/C39H52/c1-4-7-9-16-30-22-24-32(25-23-30)38-28-33-18-12-13-20-34(33)37-27-26-35-31(19-14-21-36(35)39(37)38)17-11-8-10-15-29(5-2)6-3/h12-13,18,20,26-32H,4-10,14-16,19,21-25H2,1-3H3. The van der Waals surface area contributed by atoms with Gasteiger partial charge in [-0.25, -0.2) is 0 Å². The monoisotopic (exact) mass is 520 g/mol. The van der Waals surface area contributed by atoms with Gasteiger partial charge < -0.3 is 0 Å². The topological polar surface area (TPSA) is 0 Å². The lowest BCUT2D eigenvalue weighted by molar-refractivity contribution is 0.303. The number of benzene rings is 3. The van der Waals surface area contributed by atoms with E-state index in [2.05, 4.69) is 75.1 Å². The minimum absolute atomic E-state index is 0.417. The lowest BCUT2D eigenvalue weighted by atomic mass is 9.73. The maximum Gasteiger partial charge on any atom is 0.0455 e. The second-order valence-electron chi connectivity index (χ2n) is 12.8. The molecule has 0 radical (unpaired) electrons. The van der Waals surface area contributed by atoms with Gasteiger partial charge in [-0.2, -0.15) is 0 Å². The van der Waals surface area contributed by atoms with Crippen LogP contribution in [0.1, 0.15) is 146 Å². The summed E-state index contributed by atoms with van der Waals surface area (Å²) in [5.74, 6) is 10.4. The van der Waals surface area contributed by atoms with Crippen molar-refractivity contribution in [1.29, 1.82) is 0 Å². The SMILES string of the molecule is CCCCCC1CCC(c2cc3ccccc3c3ccc4c(c23)CCCC4C#CCCCC(CC)CC)CC1. The first kappa shape index (κ1) is 28.3. The van der Waals surface area contributed by atoms with Crippen molar-refractivity contribution in [3.8, 4) is 11.8 Å². The van der Waals surface area contributed by atoms with E-state index in [-0.39, 0.29) is 0 Å². The second-order valence-corrected chi connectivity index (χ2v) is 12.8. The highest BCUT2D eigenvalue weighted by Gasteiger charge is 2.27. The summed E-state index contributed by atoms with van der Waals surface area (Å²) < 4.78 is 0. The fourth-order valence-corrected chi connectivity index (χ4v) is 7.85. The van der Waals surface area contributed by atoms with Crippen LogP contribution in [-0.2, 0) is 6.42 Å². The van der Waals surface area contributed by atoms with Crippen LogP contribution < -0.4 is 0 Å². The summed E-state index contributed by atoms with van der Waals surface area (Å²) in [6.45, 7) is 6.99. The van der Waals surface area contributed by atoms with Crippen molar-refractivity contribution in [1.82, 2.24) is 0 Å². The lowest BCUT2D eigenvalue weighted by Crippen LogP contribution is -2.15. The van der Waals surface area contributed by atoms with Gasteiger partial charge in [-0.3, -0.25) is 0 Å². The minimum atomic E-state index is 0.417. The molecular weight excluding hydrogens is 468 g/mol. The molecule has 0 heterocycles. The zero-order valence-corrected chi connectivity index (χ0v) is 25.2. The van der Waals surface area contributed by atoms with E-state index >= 15 is 0 Å². The third kappa shape index (κ3) is 6.56. The second kappa shape index (κ2) is 13.9. The molecule has 208 valence electrons. The van der Waals surface area contributed by atoms with E-state index in [0.29, 0.717) is 11.8 Å². The summed E-state index contributed by atoms with van der Waals surface area (Å²) in [4.78, 5) is 0. The summed E-state index contributed by atoms with van der Waals surface area (Å²) >= 11 is 0. The van der Waals surface area contributed by atoms with Gasteiger partial charge in [-0.15, -0.1) is 5.92 Å². The van der Waals surface area contributed by atoms with Crippen molar-refractivity contribution in [2.24, 2.45) is 11.8 Å². The van der Waals surface area contributed by atoms with Crippen LogP contribution in [0.4, 0.5) is 0 Å². The zero-order chi connectivity index (χ0) is 27.0. The average Bonchev–Trinajstić information content (AvgIpc) is 2.99. The quantitative estimate of drug-likeness (QED) is 0.142. The molecule has 0 N–H and O–H groups in total. The van der Waals surface area contributed by atoms with Gasteiger partial charge in [-0.1, -0.05) is 108 Å². The van der Waals surface area contributed by atoms with Crippen LogP contribution >= 0.6 is 0 Å². The highest BCUT2D eigenvalue weighted by atomic mass is 14.3. The predicted octanol–water partition coefficient (Wildman–Crippen LogP) is 11.9. The number of aryl methyl sites for hydroxylation is 1. The first-order chi connectivity index (χ1) is 19.2. The van der Waals surface area contributed by atoms with Crippen LogP contribution in [0.3, 0.4) is 0 Å². The molecule has 0 spiro atoms. The Morgan fingerprint density at radius 3 is 2.44 bits per heavy atom. The maximum atomic E-state index is 3.77. The number of fused-ring (bicyclic) bond motifs is 5. The van der Waals surface area contributed by atoms with Crippen LogP contribution in [0.15, 0.2) is 42.5 Å². The smallest absolute Gasteiger partial charge is 0.0455 e. The van der Waals surface area contributed by atoms with Crippen molar-refractivity contribution in [3.63, 3.8) is 0 Å². The van der Waals surface area contributed by atoms with E-state index in [1.807, 2.05) is 0 Å². The van der Waals surface area contributed by atoms with Crippen LogP contribution in [0, 0.1) is 23.7 Å². The van der Waals surface area contributed by atoms with E-state index < -0.39 is 0 Å². The highest BCUT2D eigenvalue weighted by molar-refractivity contribution is 6.10. The fraction of sp³-hybridized carbons (Fsp3) is 0.590. The molecule has 1 unspecified atom stereocenters. The summed E-state index contributed by atoms with van der Waals surface area (Å²) in [5.41, 5.74) is 4.85. The Bertz CT molecular complexity index is 1270. The Hall–Kier alpha value is -2.26. The molecule has 0 nitrogen and oxygen atoms in total. The Kier molecular flexibility index (Phi) is 10.1. The molecule has 0 amide bonds. The maximum absolute atomic E-state index is 3.77. The normalized spacial score (nSPS) is 21.2. The van der Waals surface area contributed by atoms with Gasteiger partial charge >= 0.3 is 0 Å². The molecule has 0 saturated heterocycles. The Balaban J connectivity index is 1.44. The molecule has 2 aliphatic rings. The molecule has 2 aliphatic carbocycles. The Morgan fingerprint density at radius 2 is 1.64 bits per heavy atom. The molecule has 0 aliphatic heterocycles. The lowest BCUT2D eigenvalue weighted by Gasteiger charge is -2.32. The predicted molar refractivity (Wildman–Crippen MR) is 172 cm³/mol. The summed E-state index contributed by atoms with van der Waals surface area (Å²) in [7, 11) is 0. The van der Waals surface area contributed by atoms with Gasteiger partial charge in [0, 0.05) is 12.3 Å². The van der Waals surface area contributed by atoms with E-state index in [1.54, 1.807) is 22.1 Å². The van der Waals surface area contributed by atoms with E-state index in [9.17, 15) is 0 Å². The van der Waals surface area contributed by atoms with Gasteiger partial charge in [0.05, 0.1) is 0 Å².